The minimum atomic E-state index is -1.26. The number of amides is 1. The maximum atomic E-state index is 13.7. The Morgan fingerprint density at radius 1 is 1.22 bits per heavy atom. The van der Waals surface area contributed by atoms with Crippen molar-refractivity contribution in [2.45, 2.75) is 19.9 Å². The van der Waals surface area contributed by atoms with Crippen LogP contribution in [0.2, 0.25) is 0 Å². The van der Waals surface area contributed by atoms with E-state index in [1.54, 1.807) is 13.8 Å². The Balaban J connectivity index is 2.46. The highest BCUT2D eigenvalue weighted by Gasteiger charge is 2.39. The molecular weight excluding hydrogens is 247 g/mol. The summed E-state index contributed by atoms with van der Waals surface area (Å²) in [6, 6.07) is 0.472. The highest BCUT2D eigenvalue weighted by molar-refractivity contribution is 5.69. The summed E-state index contributed by atoms with van der Waals surface area (Å²) >= 11 is 0. The summed E-state index contributed by atoms with van der Waals surface area (Å²) in [5.41, 5.74) is -0.713. The van der Waals surface area contributed by atoms with Crippen LogP contribution in [0.1, 0.15) is 25.5 Å². The van der Waals surface area contributed by atoms with Gasteiger partial charge < -0.3 is 10.1 Å². The van der Waals surface area contributed by atoms with Crippen LogP contribution in [0.4, 0.5) is 18.0 Å². The number of benzene rings is 1. The Morgan fingerprint density at radius 2 is 1.83 bits per heavy atom. The summed E-state index contributed by atoms with van der Waals surface area (Å²) in [4.78, 5) is 11.2. The quantitative estimate of drug-likeness (QED) is 0.787. The van der Waals surface area contributed by atoms with Gasteiger partial charge in [-0.15, -0.1) is 0 Å². The van der Waals surface area contributed by atoms with Crippen molar-refractivity contribution in [3.63, 3.8) is 0 Å². The SMILES string of the molecule is CC1(C)COC(=O)N[C@H]1c1cc(F)c(F)cc1F. The molecule has 1 aliphatic rings. The van der Waals surface area contributed by atoms with Crippen molar-refractivity contribution < 1.29 is 22.7 Å². The number of nitrogens with one attached hydrogen (secondary N) is 1. The number of halogens is 3. The maximum Gasteiger partial charge on any atom is 0.407 e. The van der Waals surface area contributed by atoms with Gasteiger partial charge in [0.05, 0.1) is 6.04 Å². The van der Waals surface area contributed by atoms with Gasteiger partial charge in [0, 0.05) is 17.0 Å². The van der Waals surface area contributed by atoms with Crippen LogP contribution < -0.4 is 5.32 Å². The van der Waals surface area contributed by atoms with Gasteiger partial charge in [0.15, 0.2) is 11.6 Å². The van der Waals surface area contributed by atoms with E-state index in [4.69, 9.17) is 4.74 Å². The normalized spacial score (nSPS) is 22.3. The molecule has 0 spiro atoms. The van der Waals surface area contributed by atoms with Gasteiger partial charge >= 0.3 is 6.09 Å². The van der Waals surface area contributed by atoms with Crippen molar-refractivity contribution in [1.29, 1.82) is 0 Å². The second kappa shape index (κ2) is 4.19. The van der Waals surface area contributed by atoms with Crippen LogP contribution in [0, 0.1) is 22.9 Å². The Kier molecular flexibility index (Phi) is 2.96. The lowest BCUT2D eigenvalue weighted by molar-refractivity contribution is 0.0376. The molecule has 1 amide bonds. The topological polar surface area (TPSA) is 38.3 Å². The monoisotopic (exact) mass is 259 g/mol. The molecule has 0 bridgehead atoms. The Hall–Kier alpha value is -1.72. The van der Waals surface area contributed by atoms with E-state index < -0.39 is 35.0 Å². The van der Waals surface area contributed by atoms with E-state index in [-0.39, 0.29) is 12.2 Å². The van der Waals surface area contributed by atoms with Gasteiger partial charge in [0.2, 0.25) is 0 Å². The van der Waals surface area contributed by atoms with Gasteiger partial charge in [-0.3, -0.25) is 0 Å². The molecule has 1 aliphatic heterocycles. The molecule has 1 heterocycles. The third-order valence-corrected chi connectivity index (χ3v) is 2.97. The average molecular weight is 259 g/mol. The third kappa shape index (κ3) is 2.14. The van der Waals surface area contributed by atoms with Crippen LogP contribution in [0.15, 0.2) is 12.1 Å². The second-order valence-electron chi connectivity index (χ2n) is 4.93. The summed E-state index contributed by atoms with van der Waals surface area (Å²) in [5.74, 6) is -3.30. The third-order valence-electron chi connectivity index (χ3n) is 2.97. The van der Waals surface area contributed by atoms with Gasteiger partial charge in [0.25, 0.3) is 0 Å². The summed E-state index contributed by atoms with van der Waals surface area (Å²) in [5, 5.41) is 2.42. The van der Waals surface area contributed by atoms with E-state index in [1.807, 2.05) is 0 Å². The Morgan fingerprint density at radius 3 is 2.50 bits per heavy atom. The number of hydrogen-bond acceptors (Lipinski definition) is 2. The van der Waals surface area contributed by atoms with Crippen LogP contribution in [0.3, 0.4) is 0 Å². The lowest BCUT2D eigenvalue weighted by Gasteiger charge is -2.38. The predicted octanol–water partition coefficient (Wildman–Crippen LogP) is 2.91. The first-order valence-corrected chi connectivity index (χ1v) is 5.39. The average Bonchev–Trinajstić information content (AvgIpc) is 2.27. The Labute approximate surface area is 102 Å². The van der Waals surface area contributed by atoms with Gasteiger partial charge in [0.1, 0.15) is 12.4 Å². The highest BCUT2D eigenvalue weighted by Crippen LogP contribution is 2.37. The lowest BCUT2D eigenvalue weighted by Crippen LogP contribution is -2.47. The number of carbonyl (C=O) groups excluding carboxylic acids is 1. The number of ether oxygens (including phenoxy) is 1. The van der Waals surface area contributed by atoms with E-state index in [0.29, 0.717) is 6.07 Å². The van der Waals surface area contributed by atoms with Crippen LogP contribution in [-0.4, -0.2) is 12.7 Å². The predicted molar refractivity (Wildman–Crippen MR) is 57.3 cm³/mol. The molecule has 0 unspecified atom stereocenters. The fourth-order valence-electron chi connectivity index (χ4n) is 1.95. The first kappa shape index (κ1) is 12.7. The zero-order chi connectivity index (χ0) is 13.5. The summed E-state index contributed by atoms with van der Waals surface area (Å²) < 4.78 is 44.5. The van der Waals surface area contributed by atoms with E-state index in [2.05, 4.69) is 5.32 Å². The number of rotatable bonds is 1. The van der Waals surface area contributed by atoms with Crippen LogP contribution in [0.5, 0.6) is 0 Å². The molecule has 1 N–H and O–H groups in total. The zero-order valence-electron chi connectivity index (χ0n) is 9.89. The van der Waals surface area contributed by atoms with Crippen LogP contribution >= 0.6 is 0 Å². The fraction of sp³-hybridized carbons (Fsp3) is 0.417. The molecule has 98 valence electrons. The number of cyclic esters (lactones) is 1. The van der Waals surface area contributed by atoms with E-state index >= 15 is 0 Å². The minimum Gasteiger partial charge on any atom is -0.449 e. The summed E-state index contributed by atoms with van der Waals surface area (Å²) in [6.45, 7) is 3.54. The smallest absolute Gasteiger partial charge is 0.407 e. The van der Waals surface area contributed by atoms with Crippen LogP contribution in [-0.2, 0) is 4.74 Å². The number of carbonyl (C=O) groups is 1. The van der Waals surface area contributed by atoms with Gasteiger partial charge in [-0.25, -0.2) is 18.0 Å². The van der Waals surface area contributed by atoms with Crippen molar-refractivity contribution in [3.8, 4) is 0 Å². The van der Waals surface area contributed by atoms with Gasteiger partial charge in [-0.2, -0.15) is 0 Å². The Bertz CT molecular complexity index is 502. The van der Waals surface area contributed by atoms with Crippen LogP contribution in [0.25, 0.3) is 0 Å². The highest BCUT2D eigenvalue weighted by atomic mass is 19.2. The molecule has 18 heavy (non-hydrogen) atoms. The minimum absolute atomic E-state index is 0.0714. The molecule has 1 fully saturated rings. The summed E-state index contributed by atoms with van der Waals surface area (Å²) in [7, 11) is 0. The first-order chi connectivity index (χ1) is 8.31. The standard InChI is InChI=1S/C12H12F3NO2/c1-12(2)5-18-11(17)16-10(12)6-3-8(14)9(15)4-7(6)13/h3-4,10H,5H2,1-2H3,(H,16,17)/t10-/m0/s1. The molecule has 1 aromatic rings. The molecule has 0 saturated carbocycles. The molecular formula is C12H12F3NO2. The van der Waals surface area contributed by atoms with Crippen molar-refractivity contribution in [3.05, 3.63) is 35.1 Å². The zero-order valence-corrected chi connectivity index (χ0v) is 9.89. The molecule has 0 aliphatic carbocycles. The maximum absolute atomic E-state index is 13.7. The molecule has 6 heteroatoms. The van der Waals surface area contributed by atoms with E-state index in [9.17, 15) is 18.0 Å². The second-order valence-corrected chi connectivity index (χ2v) is 4.93. The molecule has 3 nitrogen and oxygen atoms in total. The molecule has 2 rings (SSSR count). The van der Waals surface area contributed by atoms with Gasteiger partial charge in [-0.1, -0.05) is 13.8 Å². The largest absolute Gasteiger partial charge is 0.449 e. The first-order valence-electron chi connectivity index (χ1n) is 5.39. The lowest BCUT2D eigenvalue weighted by atomic mass is 9.80. The van der Waals surface area contributed by atoms with Crippen molar-refractivity contribution in [2.24, 2.45) is 5.41 Å². The van der Waals surface area contributed by atoms with E-state index in [0.717, 1.165) is 6.07 Å². The van der Waals surface area contributed by atoms with Crippen molar-refractivity contribution in [1.82, 2.24) is 5.32 Å². The molecule has 1 saturated heterocycles. The molecule has 1 atom stereocenters. The van der Waals surface area contributed by atoms with Gasteiger partial charge in [-0.05, 0) is 6.07 Å². The van der Waals surface area contributed by atoms with Crippen molar-refractivity contribution in [2.75, 3.05) is 6.61 Å². The van der Waals surface area contributed by atoms with E-state index in [1.165, 1.54) is 0 Å². The molecule has 0 aromatic heterocycles. The fourth-order valence-corrected chi connectivity index (χ4v) is 1.95. The molecule has 0 radical (unpaired) electrons. The number of alkyl carbamates (subject to hydrolysis) is 1. The summed E-state index contributed by atoms with van der Waals surface area (Å²) in [6.07, 6.45) is -0.705. The van der Waals surface area contributed by atoms with Crippen molar-refractivity contribution >= 4 is 6.09 Å². The molecule has 1 aromatic carbocycles. The number of hydrogen-bond donors (Lipinski definition) is 1.